The van der Waals surface area contributed by atoms with Gasteiger partial charge in [0.25, 0.3) is 0 Å². The number of ether oxygens (including phenoxy) is 1. The lowest BCUT2D eigenvalue weighted by atomic mass is 10.0. The van der Waals surface area contributed by atoms with Crippen LogP contribution < -0.4 is 0 Å². The summed E-state index contributed by atoms with van der Waals surface area (Å²) in [6, 6.07) is 10.0. The van der Waals surface area contributed by atoms with E-state index in [1.165, 1.54) is 0 Å². The Labute approximate surface area is 170 Å². The first-order valence-electron chi connectivity index (χ1n) is 9.69. The Hall–Kier alpha value is -2.18. The summed E-state index contributed by atoms with van der Waals surface area (Å²) < 4.78 is 5.28. The fraction of sp³-hybridized carbons (Fsp3) is 0.455. The van der Waals surface area contributed by atoms with Gasteiger partial charge in [-0.3, -0.25) is 4.79 Å². The van der Waals surface area contributed by atoms with E-state index in [0.29, 0.717) is 26.0 Å². The summed E-state index contributed by atoms with van der Waals surface area (Å²) in [6.07, 6.45) is 2.09. The molecule has 0 aliphatic rings. The number of carbonyl (C=O) groups excluding carboxylic acids is 1. The maximum Gasteiger partial charge on any atom is 0.333 e. The predicted octanol–water partition coefficient (Wildman–Crippen LogP) is 4.60. The van der Waals surface area contributed by atoms with Crippen molar-refractivity contribution in [2.24, 2.45) is 0 Å². The van der Waals surface area contributed by atoms with E-state index in [1.807, 2.05) is 31.3 Å². The predicted molar refractivity (Wildman–Crippen MR) is 113 cm³/mol. The van der Waals surface area contributed by atoms with Gasteiger partial charge in [0.2, 0.25) is 5.91 Å². The molecule has 0 fully saturated rings. The zero-order valence-electron chi connectivity index (χ0n) is 16.8. The zero-order valence-corrected chi connectivity index (χ0v) is 17.6. The minimum atomic E-state index is -0.939. The number of unbranched alkanes of at least 4 members (excludes halogenated alkanes) is 1. The van der Waals surface area contributed by atoms with Crippen molar-refractivity contribution < 1.29 is 19.4 Å². The number of benzene rings is 1. The van der Waals surface area contributed by atoms with Crippen LogP contribution in [-0.2, 0) is 27.3 Å². The molecule has 1 N–H and O–H groups in total. The number of nitrogens with zero attached hydrogens (tertiary/aromatic N) is 1. The van der Waals surface area contributed by atoms with Gasteiger partial charge in [0.15, 0.2) is 6.10 Å². The molecule has 0 aliphatic carbocycles. The Kier molecular flexibility index (Phi) is 8.67. The van der Waals surface area contributed by atoms with Crippen molar-refractivity contribution in [1.29, 1.82) is 0 Å². The Morgan fingerprint density at radius 1 is 1.18 bits per heavy atom. The van der Waals surface area contributed by atoms with Crippen LogP contribution in [-0.4, -0.2) is 41.6 Å². The van der Waals surface area contributed by atoms with Crippen molar-refractivity contribution in [2.45, 2.75) is 52.2 Å². The quantitative estimate of drug-likeness (QED) is 0.596. The molecule has 0 saturated heterocycles. The molecule has 0 saturated carbocycles. The van der Waals surface area contributed by atoms with Crippen LogP contribution in [0.5, 0.6) is 0 Å². The summed E-state index contributed by atoms with van der Waals surface area (Å²) >= 11 is 1.65. The average molecular weight is 404 g/mol. The van der Waals surface area contributed by atoms with Crippen molar-refractivity contribution in [3.8, 4) is 11.1 Å². The lowest BCUT2D eigenvalue weighted by Crippen LogP contribution is -2.26. The van der Waals surface area contributed by atoms with Crippen molar-refractivity contribution in [1.82, 2.24) is 4.90 Å². The molecule has 1 amide bonds. The highest BCUT2D eigenvalue weighted by Gasteiger charge is 2.18. The number of rotatable bonds is 11. The lowest BCUT2D eigenvalue weighted by Gasteiger charge is -2.15. The third-order valence-electron chi connectivity index (χ3n) is 4.57. The van der Waals surface area contributed by atoms with E-state index < -0.39 is 12.1 Å². The molecule has 152 valence electrons. The van der Waals surface area contributed by atoms with Gasteiger partial charge in [0.1, 0.15) is 0 Å². The highest BCUT2D eigenvalue weighted by molar-refractivity contribution is 7.10. The Morgan fingerprint density at radius 3 is 2.50 bits per heavy atom. The molecule has 0 spiro atoms. The van der Waals surface area contributed by atoms with Gasteiger partial charge < -0.3 is 14.7 Å². The van der Waals surface area contributed by atoms with Crippen molar-refractivity contribution in [2.75, 3.05) is 13.7 Å². The highest BCUT2D eigenvalue weighted by atomic mass is 32.1. The Balaban J connectivity index is 1.99. The number of hydrogen-bond donors (Lipinski definition) is 1. The van der Waals surface area contributed by atoms with E-state index in [1.54, 1.807) is 23.2 Å². The van der Waals surface area contributed by atoms with E-state index >= 15 is 0 Å². The van der Waals surface area contributed by atoms with E-state index in [0.717, 1.165) is 34.4 Å². The molecule has 0 bridgehead atoms. The van der Waals surface area contributed by atoms with Crippen LogP contribution in [0.4, 0.5) is 0 Å². The number of amides is 1. The van der Waals surface area contributed by atoms with Crippen molar-refractivity contribution >= 4 is 23.2 Å². The second-order valence-corrected chi connectivity index (χ2v) is 7.83. The van der Waals surface area contributed by atoms with Gasteiger partial charge in [0, 0.05) is 31.4 Å². The number of carbonyl (C=O) groups is 2. The molecular weight excluding hydrogens is 374 g/mol. The number of thiophene rings is 1. The standard InChI is InChI=1S/C22H29NO4S/c1-4-6-7-21(24)23(3)14-19-13-18(15-28-19)17-10-8-16(9-11-17)12-20(22(25)26)27-5-2/h8-11,13,15,20H,4-7,12,14H2,1-3H3,(H,25,26). The molecule has 6 heteroatoms. The van der Waals surface area contributed by atoms with Gasteiger partial charge in [-0.05, 0) is 41.5 Å². The Bertz CT molecular complexity index is 769. The largest absolute Gasteiger partial charge is 0.479 e. The van der Waals surface area contributed by atoms with Crippen molar-refractivity contribution in [3.63, 3.8) is 0 Å². The van der Waals surface area contributed by atoms with E-state index in [4.69, 9.17) is 4.74 Å². The second-order valence-electron chi connectivity index (χ2n) is 6.84. The highest BCUT2D eigenvalue weighted by Crippen LogP contribution is 2.27. The van der Waals surface area contributed by atoms with E-state index in [-0.39, 0.29) is 5.91 Å². The normalized spacial score (nSPS) is 12.0. The first-order valence-corrected chi connectivity index (χ1v) is 10.6. The van der Waals surface area contributed by atoms with E-state index in [2.05, 4.69) is 18.4 Å². The third-order valence-corrected chi connectivity index (χ3v) is 5.49. The summed E-state index contributed by atoms with van der Waals surface area (Å²) in [4.78, 5) is 26.2. The third kappa shape index (κ3) is 6.46. The maximum atomic E-state index is 12.1. The molecule has 2 aromatic rings. The molecule has 5 nitrogen and oxygen atoms in total. The monoisotopic (exact) mass is 403 g/mol. The Morgan fingerprint density at radius 2 is 1.89 bits per heavy atom. The van der Waals surface area contributed by atoms with Crippen LogP contribution in [0.2, 0.25) is 0 Å². The topological polar surface area (TPSA) is 66.8 Å². The summed E-state index contributed by atoms with van der Waals surface area (Å²) in [5.41, 5.74) is 3.12. The first-order chi connectivity index (χ1) is 13.4. The molecule has 1 aromatic carbocycles. The number of hydrogen-bond acceptors (Lipinski definition) is 4. The zero-order chi connectivity index (χ0) is 20.5. The van der Waals surface area contributed by atoms with Gasteiger partial charge >= 0.3 is 5.97 Å². The summed E-state index contributed by atoms with van der Waals surface area (Å²) in [6.45, 7) is 4.88. The lowest BCUT2D eigenvalue weighted by molar-refractivity contribution is -0.150. The second kappa shape index (κ2) is 11.0. The molecule has 0 aliphatic heterocycles. The fourth-order valence-corrected chi connectivity index (χ4v) is 3.87. The summed E-state index contributed by atoms with van der Waals surface area (Å²) in [5, 5.41) is 11.3. The molecule has 0 radical (unpaired) electrons. The number of carboxylic acid groups (broad SMARTS) is 1. The van der Waals surface area contributed by atoms with Crippen molar-refractivity contribution in [3.05, 3.63) is 46.2 Å². The van der Waals surface area contributed by atoms with Gasteiger partial charge in [-0.2, -0.15) is 0 Å². The van der Waals surface area contributed by atoms with Crippen LogP contribution >= 0.6 is 11.3 Å². The number of aliphatic carboxylic acids is 1. The minimum Gasteiger partial charge on any atom is -0.479 e. The summed E-state index contributed by atoms with van der Waals surface area (Å²) in [7, 11) is 1.85. The fourth-order valence-electron chi connectivity index (χ4n) is 2.92. The van der Waals surface area contributed by atoms with Crippen LogP contribution in [0.3, 0.4) is 0 Å². The minimum absolute atomic E-state index is 0.184. The maximum absolute atomic E-state index is 12.1. The van der Waals surface area contributed by atoms with Gasteiger partial charge in [-0.15, -0.1) is 11.3 Å². The number of carboxylic acids is 1. The van der Waals surface area contributed by atoms with Crippen LogP contribution in [0.25, 0.3) is 11.1 Å². The molecular formula is C22H29NO4S. The molecule has 1 atom stereocenters. The first kappa shape index (κ1) is 22.1. The van der Waals surface area contributed by atoms with Gasteiger partial charge in [-0.1, -0.05) is 37.6 Å². The molecule has 1 unspecified atom stereocenters. The van der Waals surface area contributed by atoms with Gasteiger partial charge in [0.05, 0.1) is 6.54 Å². The van der Waals surface area contributed by atoms with Crippen LogP contribution in [0, 0.1) is 0 Å². The molecule has 2 rings (SSSR count). The van der Waals surface area contributed by atoms with Gasteiger partial charge in [-0.25, -0.2) is 4.79 Å². The van der Waals surface area contributed by atoms with Crippen LogP contribution in [0.1, 0.15) is 43.6 Å². The molecule has 28 heavy (non-hydrogen) atoms. The average Bonchev–Trinajstić information content (AvgIpc) is 3.14. The molecule has 1 aromatic heterocycles. The summed E-state index contributed by atoms with van der Waals surface area (Å²) in [5.74, 6) is -0.755. The SMILES string of the molecule is CCCCC(=O)N(C)Cc1cc(-c2ccc(CC(OCC)C(=O)O)cc2)cs1. The smallest absolute Gasteiger partial charge is 0.333 e. The molecule has 1 heterocycles. The van der Waals surface area contributed by atoms with E-state index in [9.17, 15) is 14.7 Å². The van der Waals surface area contributed by atoms with Crippen LogP contribution in [0.15, 0.2) is 35.7 Å².